The first-order valence-corrected chi connectivity index (χ1v) is 8.38. The Kier molecular flexibility index (Phi) is 5.01. The van der Waals surface area contributed by atoms with Crippen molar-refractivity contribution in [3.05, 3.63) is 28.8 Å². The zero-order valence-corrected chi connectivity index (χ0v) is 13.8. The van der Waals surface area contributed by atoms with E-state index in [0.29, 0.717) is 5.56 Å². The largest absolute Gasteiger partial charge is 0.507 e. The number of carbonyl (C=O) groups excluding carboxylic acids is 1. The van der Waals surface area contributed by atoms with Crippen molar-refractivity contribution in [2.24, 2.45) is 0 Å². The van der Waals surface area contributed by atoms with Crippen LogP contribution in [0.3, 0.4) is 0 Å². The fourth-order valence-corrected chi connectivity index (χ4v) is 2.99. The average molecular weight is 314 g/mol. The molecule has 7 heteroatoms. The Labute approximate surface area is 125 Å². The minimum atomic E-state index is -3.37. The molecule has 0 unspecified atom stereocenters. The lowest BCUT2D eigenvalue weighted by molar-refractivity contribution is 0.0941. The lowest BCUT2D eigenvalue weighted by Gasteiger charge is -2.25. The summed E-state index contributed by atoms with van der Waals surface area (Å²) < 4.78 is 24.9. The maximum atomic E-state index is 12.1. The van der Waals surface area contributed by atoms with Crippen molar-refractivity contribution in [2.75, 3.05) is 12.8 Å². The maximum Gasteiger partial charge on any atom is 0.255 e. The molecule has 0 saturated heterocycles. The third-order valence-corrected chi connectivity index (χ3v) is 4.02. The van der Waals surface area contributed by atoms with Crippen molar-refractivity contribution in [1.29, 1.82) is 0 Å². The number of aromatic hydroxyl groups is 1. The molecule has 21 heavy (non-hydrogen) atoms. The standard InChI is InChI=1S/C14H22N2O4S/c1-9-6-7-11(12(17)10(9)2)13(18)15-8-14(3,4)16-21(5,19)20/h6-7,16-17H,8H2,1-5H3,(H,15,18). The van der Waals surface area contributed by atoms with E-state index in [4.69, 9.17) is 0 Å². The second-order valence-corrected chi connectivity index (χ2v) is 7.59. The van der Waals surface area contributed by atoms with Gasteiger partial charge in [-0.15, -0.1) is 0 Å². The minimum Gasteiger partial charge on any atom is -0.507 e. The van der Waals surface area contributed by atoms with Crippen molar-refractivity contribution in [3.63, 3.8) is 0 Å². The molecule has 118 valence electrons. The highest BCUT2D eigenvalue weighted by Crippen LogP contribution is 2.24. The van der Waals surface area contributed by atoms with E-state index in [1.807, 2.05) is 6.92 Å². The van der Waals surface area contributed by atoms with Crippen LogP contribution in [0.4, 0.5) is 0 Å². The lowest BCUT2D eigenvalue weighted by atomic mass is 10.0. The second-order valence-electron chi connectivity index (χ2n) is 5.84. The van der Waals surface area contributed by atoms with Gasteiger partial charge in [-0.1, -0.05) is 6.07 Å². The normalized spacial score (nSPS) is 12.2. The number of benzene rings is 1. The summed E-state index contributed by atoms with van der Waals surface area (Å²) in [6.45, 7) is 7.00. The predicted molar refractivity (Wildman–Crippen MR) is 82.0 cm³/mol. The van der Waals surface area contributed by atoms with Crippen LogP contribution in [-0.2, 0) is 10.0 Å². The molecule has 0 fully saturated rings. The first kappa shape index (κ1) is 17.5. The minimum absolute atomic E-state index is 0.0543. The molecule has 1 aromatic carbocycles. The number of nitrogens with one attached hydrogen (secondary N) is 2. The topological polar surface area (TPSA) is 95.5 Å². The first-order valence-electron chi connectivity index (χ1n) is 6.49. The summed E-state index contributed by atoms with van der Waals surface area (Å²) in [6.07, 6.45) is 1.06. The number of phenols is 1. The number of aryl methyl sites for hydroxylation is 1. The van der Waals surface area contributed by atoms with E-state index < -0.39 is 21.5 Å². The molecule has 0 aliphatic carbocycles. The molecule has 3 N–H and O–H groups in total. The highest BCUT2D eigenvalue weighted by molar-refractivity contribution is 7.88. The van der Waals surface area contributed by atoms with Crippen molar-refractivity contribution < 1.29 is 18.3 Å². The van der Waals surface area contributed by atoms with Crippen LogP contribution in [0.5, 0.6) is 5.75 Å². The highest BCUT2D eigenvalue weighted by atomic mass is 32.2. The van der Waals surface area contributed by atoms with Gasteiger partial charge in [0.15, 0.2) is 0 Å². The fraction of sp³-hybridized carbons (Fsp3) is 0.500. The van der Waals surface area contributed by atoms with Crippen LogP contribution in [0.1, 0.15) is 35.3 Å². The molecule has 1 amide bonds. The Morgan fingerprint density at radius 2 is 1.86 bits per heavy atom. The third kappa shape index (κ3) is 5.02. The van der Waals surface area contributed by atoms with Crippen LogP contribution in [0.2, 0.25) is 0 Å². The Morgan fingerprint density at radius 1 is 1.29 bits per heavy atom. The molecule has 0 atom stereocenters. The Morgan fingerprint density at radius 3 is 2.38 bits per heavy atom. The first-order chi connectivity index (χ1) is 9.43. The third-order valence-electron chi connectivity index (χ3n) is 3.10. The highest BCUT2D eigenvalue weighted by Gasteiger charge is 2.24. The number of hydrogen-bond acceptors (Lipinski definition) is 4. The van der Waals surface area contributed by atoms with Gasteiger partial charge in [-0.05, 0) is 44.9 Å². The number of phenolic OH excluding ortho intramolecular Hbond substituents is 1. The van der Waals surface area contributed by atoms with E-state index in [-0.39, 0.29) is 17.9 Å². The Balaban J connectivity index is 2.82. The SMILES string of the molecule is Cc1ccc(C(=O)NCC(C)(C)NS(C)(=O)=O)c(O)c1C. The van der Waals surface area contributed by atoms with Crippen LogP contribution >= 0.6 is 0 Å². The lowest BCUT2D eigenvalue weighted by Crippen LogP contribution is -2.51. The van der Waals surface area contributed by atoms with Gasteiger partial charge in [0.1, 0.15) is 5.75 Å². The smallest absolute Gasteiger partial charge is 0.255 e. The van der Waals surface area contributed by atoms with E-state index in [0.717, 1.165) is 11.8 Å². The van der Waals surface area contributed by atoms with Gasteiger partial charge < -0.3 is 10.4 Å². The summed E-state index contributed by atoms with van der Waals surface area (Å²) in [5, 5.41) is 12.6. The number of carbonyl (C=O) groups is 1. The Hall–Kier alpha value is -1.60. The van der Waals surface area contributed by atoms with Crippen LogP contribution < -0.4 is 10.0 Å². The maximum absolute atomic E-state index is 12.1. The molecule has 0 bridgehead atoms. The van der Waals surface area contributed by atoms with Crippen molar-refractivity contribution in [2.45, 2.75) is 33.2 Å². The van der Waals surface area contributed by atoms with Gasteiger partial charge in [0, 0.05) is 12.1 Å². The molecule has 0 aromatic heterocycles. The van der Waals surface area contributed by atoms with E-state index in [1.54, 1.807) is 32.9 Å². The predicted octanol–water partition coefficient (Wildman–Crippen LogP) is 1.07. The number of amides is 1. The van der Waals surface area contributed by atoms with Crippen LogP contribution in [0, 0.1) is 13.8 Å². The molecule has 0 aliphatic rings. The molecule has 0 aliphatic heterocycles. The van der Waals surface area contributed by atoms with E-state index >= 15 is 0 Å². The number of hydrogen-bond donors (Lipinski definition) is 3. The van der Waals surface area contributed by atoms with Gasteiger partial charge in [-0.3, -0.25) is 4.79 Å². The Bertz CT molecular complexity index is 651. The summed E-state index contributed by atoms with van der Waals surface area (Å²) in [5.74, 6) is -0.500. The van der Waals surface area contributed by atoms with Gasteiger partial charge in [0.05, 0.1) is 11.8 Å². The molecule has 1 rings (SSSR count). The zero-order chi connectivity index (χ0) is 16.4. The molecule has 0 heterocycles. The van der Waals surface area contributed by atoms with Gasteiger partial charge in [0.25, 0.3) is 5.91 Å². The summed E-state index contributed by atoms with van der Waals surface area (Å²) in [4.78, 5) is 12.1. The average Bonchev–Trinajstić information content (AvgIpc) is 2.30. The van der Waals surface area contributed by atoms with Crippen LogP contribution in [-0.4, -0.2) is 37.8 Å². The van der Waals surface area contributed by atoms with E-state index in [1.165, 1.54) is 0 Å². The van der Waals surface area contributed by atoms with Crippen molar-refractivity contribution in [1.82, 2.24) is 10.0 Å². The molecule has 1 aromatic rings. The molecule has 0 spiro atoms. The van der Waals surface area contributed by atoms with Gasteiger partial charge in [-0.25, -0.2) is 13.1 Å². The summed E-state index contributed by atoms with van der Waals surface area (Å²) in [7, 11) is -3.37. The van der Waals surface area contributed by atoms with Crippen LogP contribution in [0.15, 0.2) is 12.1 Å². The summed E-state index contributed by atoms with van der Waals surface area (Å²) in [5.41, 5.74) is 0.894. The van der Waals surface area contributed by atoms with Gasteiger partial charge in [0.2, 0.25) is 10.0 Å². The molecular weight excluding hydrogens is 292 g/mol. The molecule has 6 nitrogen and oxygen atoms in total. The summed E-state index contributed by atoms with van der Waals surface area (Å²) >= 11 is 0. The van der Waals surface area contributed by atoms with Crippen LogP contribution in [0.25, 0.3) is 0 Å². The second kappa shape index (κ2) is 6.03. The molecular formula is C14H22N2O4S. The number of rotatable bonds is 5. The fourth-order valence-electron chi connectivity index (χ4n) is 1.92. The van der Waals surface area contributed by atoms with E-state index in [2.05, 4.69) is 10.0 Å². The monoisotopic (exact) mass is 314 g/mol. The van der Waals surface area contributed by atoms with Crippen molar-refractivity contribution in [3.8, 4) is 5.75 Å². The quantitative estimate of drug-likeness (QED) is 0.757. The molecule has 0 radical (unpaired) electrons. The van der Waals surface area contributed by atoms with Gasteiger partial charge in [-0.2, -0.15) is 0 Å². The van der Waals surface area contributed by atoms with Crippen molar-refractivity contribution >= 4 is 15.9 Å². The number of sulfonamides is 1. The molecule has 0 saturated carbocycles. The van der Waals surface area contributed by atoms with Gasteiger partial charge >= 0.3 is 0 Å². The summed E-state index contributed by atoms with van der Waals surface area (Å²) in [6, 6.07) is 3.30. The van der Waals surface area contributed by atoms with E-state index in [9.17, 15) is 18.3 Å². The zero-order valence-electron chi connectivity index (χ0n) is 12.9.